The van der Waals surface area contributed by atoms with Gasteiger partial charge in [0.2, 0.25) is 0 Å². The standard InChI is InChI=1S/C16H21Cl2NO2.ClH/c1-20-10-16(21-2)9-19-12-5-6-15(16,8-12)11-3-4-13(17)14(18)7-11;/h3-4,7,12,19H,5-6,8-10H2,1-2H3;1H/t12-,15+,16-;/m1./s1. The van der Waals surface area contributed by atoms with Gasteiger partial charge in [-0.2, -0.15) is 0 Å². The molecule has 2 fully saturated rings. The molecule has 0 spiro atoms. The second kappa shape index (κ2) is 6.84. The second-order valence-corrected chi connectivity index (χ2v) is 6.98. The molecule has 124 valence electrons. The Morgan fingerprint density at radius 1 is 1.27 bits per heavy atom. The quantitative estimate of drug-likeness (QED) is 0.878. The third-order valence-electron chi connectivity index (χ3n) is 5.30. The molecule has 1 saturated heterocycles. The Labute approximate surface area is 148 Å². The van der Waals surface area contributed by atoms with Crippen LogP contribution in [0.15, 0.2) is 18.2 Å². The molecule has 6 heteroatoms. The van der Waals surface area contributed by atoms with E-state index in [9.17, 15) is 0 Å². The predicted molar refractivity (Wildman–Crippen MR) is 92.6 cm³/mol. The molecule has 2 bridgehead atoms. The Kier molecular flexibility index (Phi) is 5.69. The highest BCUT2D eigenvalue weighted by molar-refractivity contribution is 6.42. The maximum atomic E-state index is 6.26. The van der Waals surface area contributed by atoms with Crippen LogP contribution in [0.4, 0.5) is 0 Å². The van der Waals surface area contributed by atoms with Crippen LogP contribution in [0.5, 0.6) is 0 Å². The van der Waals surface area contributed by atoms with Crippen molar-refractivity contribution in [1.29, 1.82) is 0 Å². The molecule has 3 rings (SSSR count). The molecule has 1 N–H and O–H groups in total. The van der Waals surface area contributed by atoms with Crippen molar-refractivity contribution in [3.05, 3.63) is 33.8 Å². The van der Waals surface area contributed by atoms with E-state index in [4.69, 9.17) is 32.7 Å². The Bertz CT molecular complexity index is 542. The summed E-state index contributed by atoms with van der Waals surface area (Å²) in [6.45, 7) is 1.35. The van der Waals surface area contributed by atoms with Crippen LogP contribution < -0.4 is 5.32 Å². The van der Waals surface area contributed by atoms with E-state index >= 15 is 0 Å². The van der Waals surface area contributed by atoms with Gasteiger partial charge < -0.3 is 14.8 Å². The number of piperidine rings is 1. The van der Waals surface area contributed by atoms with Crippen LogP contribution in [0.1, 0.15) is 24.8 Å². The summed E-state index contributed by atoms with van der Waals surface area (Å²) in [5, 5.41) is 4.79. The smallest absolute Gasteiger partial charge is 0.113 e. The minimum atomic E-state index is -0.369. The number of benzene rings is 1. The van der Waals surface area contributed by atoms with Crippen molar-refractivity contribution >= 4 is 35.6 Å². The Morgan fingerprint density at radius 2 is 2.05 bits per heavy atom. The van der Waals surface area contributed by atoms with Crippen molar-refractivity contribution in [3.8, 4) is 0 Å². The average Bonchev–Trinajstić information content (AvgIpc) is 2.86. The fraction of sp³-hybridized carbons (Fsp3) is 0.625. The van der Waals surface area contributed by atoms with E-state index in [-0.39, 0.29) is 23.4 Å². The highest BCUT2D eigenvalue weighted by Gasteiger charge is 2.59. The number of nitrogens with one attached hydrogen (secondary N) is 1. The SMILES string of the molecule is COC[C@]1(OC)CN[C@@H]2CC[C@@]1(c1ccc(Cl)c(Cl)c1)C2.Cl. The van der Waals surface area contributed by atoms with Crippen molar-refractivity contribution in [3.63, 3.8) is 0 Å². The van der Waals surface area contributed by atoms with Crippen LogP contribution in [0, 0.1) is 0 Å². The summed E-state index contributed by atoms with van der Waals surface area (Å²) in [6.07, 6.45) is 3.26. The summed E-state index contributed by atoms with van der Waals surface area (Å²) in [5.41, 5.74) is 0.771. The third kappa shape index (κ3) is 2.66. The van der Waals surface area contributed by atoms with Crippen molar-refractivity contribution in [2.45, 2.75) is 36.3 Å². The summed E-state index contributed by atoms with van der Waals surface area (Å²) >= 11 is 12.3. The van der Waals surface area contributed by atoms with E-state index < -0.39 is 0 Å². The van der Waals surface area contributed by atoms with E-state index in [0.717, 1.165) is 25.8 Å². The molecular weight excluding hydrogens is 345 g/mol. The molecule has 22 heavy (non-hydrogen) atoms. The zero-order chi connectivity index (χ0) is 15.1. The van der Waals surface area contributed by atoms with Crippen molar-refractivity contribution in [1.82, 2.24) is 5.32 Å². The molecule has 3 atom stereocenters. The van der Waals surface area contributed by atoms with E-state index in [1.54, 1.807) is 14.2 Å². The van der Waals surface area contributed by atoms with Crippen LogP contribution in [0.2, 0.25) is 10.0 Å². The summed E-state index contributed by atoms with van der Waals surface area (Å²) < 4.78 is 11.5. The number of fused-ring (bicyclic) bond motifs is 2. The average molecular weight is 367 g/mol. The number of halogens is 3. The maximum absolute atomic E-state index is 6.26. The van der Waals surface area contributed by atoms with Crippen LogP contribution in [0.25, 0.3) is 0 Å². The van der Waals surface area contributed by atoms with E-state index in [2.05, 4.69) is 11.4 Å². The number of hydrogen-bond donors (Lipinski definition) is 1. The summed E-state index contributed by atoms with van der Waals surface area (Å²) in [4.78, 5) is 0. The summed E-state index contributed by atoms with van der Waals surface area (Å²) in [5.74, 6) is 0. The summed E-state index contributed by atoms with van der Waals surface area (Å²) in [7, 11) is 3.50. The highest BCUT2D eigenvalue weighted by Crippen LogP contribution is 2.53. The predicted octanol–water partition coefficient (Wildman–Crippen LogP) is 3.84. The molecule has 0 radical (unpaired) electrons. The van der Waals surface area contributed by atoms with E-state index in [0.29, 0.717) is 22.7 Å². The zero-order valence-corrected chi connectivity index (χ0v) is 15.2. The largest absolute Gasteiger partial charge is 0.382 e. The Morgan fingerprint density at radius 3 is 2.68 bits per heavy atom. The van der Waals surface area contributed by atoms with Crippen molar-refractivity contribution in [2.75, 3.05) is 27.4 Å². The van der Waals surface area contributed by atoms with Gasteiger partial charge in [0.25, 0.3) is 0 Å². The van der Waals surface area contributed by atoms with Crippen molar-refractivity contribution < 1.29 is 9.47 Å². The van der Waals surface area contributed by atoms with Gasteiger partial charge in [0.05, 0.1) is 16.7 Å². The van der Waals surface area contributed by atoms with Crippen LogP contribution in [0.3, 0.4) is 0 Å². The molecule has 1 aliphatic carbocycles. The molecule has 0 aromatic heterocycles. The lowest BCUT2D eigenvalue weighted by Gasteiger charge is -2.51. The van der Waals surface area contributed by atoms with Gasteiger partial charge in [-0.3, -0.25) is 0 Å². The lowest BCUT2D eigenvalue weighted by Crippen LogP contribution is -2.64. The minimum absolute atomic E-state index is 0. The van der Waals surface area contributed by atoms with Gasteiger partial charge in [-0.05, 0) is 37.0 Å². The second-order valence-electron chi connectivity index (χ2n) is 6.16. The lowest BCUT2D eigenvalue weighted by atomic mass is 9.64. The highest BCUT2D eigenvalue weighted by atomic mass is 35.5. The number of methoxy groups -OCH3 is 2. The Hall–Kier alpha value is -0.0300. The zero-order valence-electron chi connectivity index (χ0n) is 12.8. The van der Waals surface area contributed by atoms with Gasteiger partial charge in [-0.1, -0.05) is 29.3 Å². The number of rotatable bonds is 4. The first-order valence-electron chi connectivity index (χ1n) is 7.30. The van der Waals surface area contributed by atoms with Gasteiger partial charge in [0.1, 0.15) is 5.60 Å². The molecule has 1 aromatic carbocycles. The molecule has 1 aliphatic heterocycles. The molecule has 3 nitrogen and oxygen atoms in total. The normalized spacial score (nSPS) is 33.5. The van der Waals surface area contributed by atoms with Crippen LogP contribution in [-0.4, -0.2) is 39.0 Å². The fourth-order valence-electron chi connectivity index (χ4n) is 4.18. The van der Waals surface area contributed by atoms with E-state index in [1.807, 2.05) is 12.1 Å². The maximum Gasteiger partial charge on any atom is 0.113 e. The van der Waals surface area contributed by atoms with Gasteiger partial charge in [-0.15, -0.1) is 12.4 Å². The molecule has 2 aliphatic rings. The molecular formula is C16H22Cl3NO2. The van der Waals surface area contributed by atoms with Crippen molar-refractivity contribution in [2.24, 2.45) is 0 Å². The lowest BCUT2D eigenvalue weighted by molar-refractivity contribution is -0.124. The molecule has 0 unspecified atom stereocenters. The van der Waals surface area contributed by atoms with E-state index in [1.165, 1.54) is 5.56 Å². The fourth-order valence-corrected chi connectivity index (χ4v) is 4.48. The molecule has 1 saturated carbocycles. The first-order chi connectivity index (χ1) is 10.1. The van der Waals surface area contributed by atoms with Crippen LogP contribution >= 0.6 is 35.6 Å². The van der Waals surface area contributed by atoms with Crippen LogP contribution in [-0.2, 0) is 14.9 Å². The number of ether oxygens (including phenoxy) is 2. The van der Waals surface area contributed by atoms with Gasteiger partial charge >= 0.3 is 0 Å². The summed E-state index contributed by atoms with van der Waals surface area (Å²) in [6, 6.07) is 6.52. The van der Waals surface area contributed by atoms with Gasteiger partial charge in [-0.25, -0.2) is 0 Å². The number of hydrogen-bond acceptors (Lipinski definition) is 3. The topological polar surface area (TPSA) is 30.5 Å². The third-order valence-corrected chi connectivity index (χ3v) is 6.04. The Balaban J connectivity index is 0.00000176. The first kappa shape index (κ1) is 18.3. The van der Waals surface area contributed by atoms with Gasteiger partial charge in [0.15, 0.2) is 0 Å². The van der Waals surface area contributed by atoms with Gasteiger partial charge in [0, 0.05) is 32.2 Å². The molecule has 1 heterocycles. The first-order valence-corrected chi connectivity index (χ1v) is 8.05. The molecule has 1 aromatic rings. The monoisotopic (exact) mass is 365 g/mol. The minimum Gasteiger partial charge on any atom is -0.382 e. The molecule has 0 amide bonds.